The molecule has 0 fully saturated rings. The van der Waals surface area contributed by atoms with Gasteiger partial charge in [0.1, 0.15) is 5.69 Å². The summed E-state index contributed by atoms with van der Waals surface area (Å²) in [7, 11) is 0. The number of nitrogen functional groups attached to an aromatic ring is 1. The van der Waals surface area contributed by atoms with Crippen molar-refractivity contribution < 1.29 is 9.90 Å². The minimum atomic E-state index is -1.17. The second-order valence-corrected chi connectivity index (χ2v) is 3.84. The Kier molecular flexibility index (Phi) is 2.12. The van der Waals surface area contributed by atoms with E-state index >= 15 is 0 Å². The highest BCUT2D eigenvalue weighted by Crippen LogP contribution is 2.37. The van der Waals surface area contributed by atoms with Crippen LogP contribution in [0.1, 0.15) is 22.2 Å². The molecule has 2 heterocycles. The van der Waals surface area contributed by atoms with Crippen molar-refractivity contribution in [2.45, 2.75) is 6.17 Å². The van der Waals surface area contributed by atoms with Gasteiger partial charge in [0.05, 0.1) is 0 Å². The van der Waals surface area contributed by atoms with Crippen molar-refractivity contribution in [2.75, 3.05) is 5.73 Å². The molecular formula is C11H9N5O2. The van der Waals surface area contributed by atoms with Crippen molar-refractivity contribution in [1.29, 1.82) is 0 Å². The van der Waals surface area contributed by atoms with Gasteiger partial charge in [-0.05, 0) is 0 Å². The van der Waals surface area contributed by atoms with Crippen LogP contribution in [0.2, 0.25) is 0 Å². The molecule has 0 bridgehead atoms. The van der Waals surface area contributed by atoms with Crippen molar-refractivity contribution in [1.82, 2.24) is 9.78 Å². The van der Waals surface area contributed by atoms with Crippen molar-refractivity contribution in [3.05, 3.63) is 41.6 Å². The quantitative estimate of drug-likeness (QED) is 0.838. The Morgan fingerprint density at radius 2 is 2.06 bits per heavy atom. The van der Waals surface area contributed by atoms with Gasteiger partial charge in [0.15, 0.2) is 17.7 Å². The molecule has 2 aromatic rings. The van der Waals surface area contributed by atoms with Gasteiger partial charge in [-0.15, -0.1) is 5.11 Å². The van der Waals surface area contributed by atoms with Gasteiger partial charge in [0, 0.05) is 5.56 Å². The van der Waals surface area contributed by atoms with Crippen LogP contribution in [-0.2, 0) is 0 Å². The van der Waals surface area contributed by atoms with Gasteiger partial charge in [-0.2, -0.15) is 10.2 Å². The number of carboxylic acids is 1. The van der Waals surface area contributed by atoms with Gasteiger partial charge < -0.3 is 10.8 Å². The SMILES string of the molecule is Nc1c(C(=O)O)nn2c1N=NC2c1ccccc1. The van der Waals surface area contributed by atoms with Crippen LogP contribution in [0.15, 0.2) is 40.6 Å². The fourth-order valence-electron chi connectivity index (χ4n) is 1.86. The molecule has 0 amide bonds. The van der Waals surface area contributed by atoms with E-state index in [1.165, 1.54) is 4.68 Å². The second-order valence-electron chi connectivity index (χ2n) is 3.84. The van der Waals surface area contributed by atoms with Crippen LogP contribution in [0.4, 0.5) is 11.5 Å². The molecule has 0 spiro atoms. The average Bonchev–Trinajstić information content (AvgIpc) is 2.91. The molecule has 3 N–H and O–H groups in total. The molecule has 0 saturated carbocycles. The first kappa shape index (κ1) is 10.5. The molecule has 1 aromatic carbocycles. The van der Waals surface area contributed by atoms with Gasteiger partial charge >= 0.3 is 5.97 Å². The number of aromatic carboxylic acids is 1. The summed E-state index contributed by atoms with van der Waals surface area (Å²) in [6, 6.07) is 9.37. The third kappa shape index (κ3) is 1.37. The molecule has 0 aliphatic carbocycles. The first-order valence-electron chi connectivity index (χ1n) is 5.25. The second kappa shape index (κ2) is 3.66. The van der Waals surface area contributed by atoms with Crippen LogP contribution < -0.4 is 5.73 Å². The summed E-state index contributed by atoms with van der Waals surface area (Å²) in [6.07, 6.45) is -0.448. The predicted molar refractivity (Wildman–Crippen MR) is 62.7 cm³/mol. The Labute approximate surface area is 102 Å². The number of fused-ring (bicyclic) bond motifs is 1. The maximum Gasteiger partial charge on any atom is 0.358 e. The highest BCUT2D eigenvalue weighted by atomic mass is 16.4. The Hall–Kier alpha value is -2.70. The largest absolute Gasteiger partial charge is 0.476 e. The normalized spacial score (nSPS) is 16.8. The zero-order valence-corrected chi connectivity index (χ0v) is 9.19. The standard InChI is InChI=1S/C11H9N5O2/c12-7-8(11(17)18)15-16-9(13-14-10(7)16)6-4-2-1-3-5-6/h1-5,9H,12H2,(H,17,18). The Bertz CT molecular complexity index is 647. The fourth-order valence-corrected chi connectivity index (χ4v) is 1.86. The molecule has 7 nitrogen and oxygen atoms in total. The van der Waals surface area contributed by atoms with E-state index in [0.717, 1.165) is 5.56 Å². The van der Waals surface area contributed by atoms with Gasteiger partial charge in [-0.1, -0.05) is 30.3 Å². The third-order valence-electron chi connectivity index (χ3n) is 2.71. The molecule has 3 rings (SSSR count). The number of benzene rings is 1. The van der Waals surface area contributed by atoms with E-state index in [1.807, 2.05) is 30.3 Å². The van der Waals surface area contributed by atoms with Crippen molar-refractivity contribution in [3.8, 4) is 0 Å². The van der Waals surface area contributed by atoms with Crippen LogP contribution in [0, 0.1) is 0 Å². The minimum absolute atomic E-state index is 0.0460. The van der Waals surface area contributed by atoms with Crippen molar-refractivity contribution in [2.24, 2.45) is 10.2 Å². The smallest absolute Gasteiger partial charge is 0.358 e. The van der Waals surface area contributed by atoms with Crippen molar-refractivity contribution in [3.63, 3.8) is 0 Å². The number of hydrogen-bond acceptors (Lipinski definition) is 5. The highest BCUT2D eigenvalue weighted by Gasteiger charge is 2.29. The molecule has 1 unspecified atom stereocenters. The van der Waals surface area contributed by atoms with Crippen molar-refractivity contribution >= 4 is 17.5 Å². The van der Waals surface area contributed by atoms with Crippen LogP contribution in [0.3, 0.4) is 0 Å². The molecule has 0 radical (unpaired) electrons. The van der Waals surface area contributed by atoms with Gasteiger partial charge in [-0.25, -0.2) is 9.48 Å². The Morgan fingerprint density at radius 3 is 2.72 bits per heavy atom. The van der Waals surface area contributed by atoms with Crippen LogP contribution in [-0.4, -0.2) is 20.9 Å². The number of anilines is 1. The zero-order valence-electron chi connectivity index (χ0n) is 9.19. The lowest BCUT2D eigenvalue weighted by atomic mass is 10.2. The number of nitrogens with zero attached hydrogens (tertiary/aromatic N) is 4. The van der Waals surface area contributed by atoms with Gasteiger partial charge in [0.2, 0.25) is 0 Å². The number of hydrogen-bond donors (Lipinski definition) is 2. The predicted octanol–water partition coefficient (Wildman–Crippen LogP) is 1.81. The number of carbonyl (C=O) groups is 1. The van der Waals surface area contributed by atoms with E-state index in [9.17, 15) is 4.79 Å². The van der Waals surface area contributed by atoms with E-state index in [1.54, 1.807) is 0 Å². The third-order valence-corrected chi connectivity index (χ3v) is 2.71. The van der Waals surface area contributed by atoms with Gasteiger partial charge in [0.25, 0.3) is 0 Å². The molecule has 90 valence electrons. The zero-order chi connectivity index (χ0) is 12.7. The van der Waals surface area contributed by atoms with E-state index in [4.69, 9.17) is 10.8 Å². The first-order valence-corrected chi connectivity index (χ1v) is 5.25. The number of azo groups is 1. The number of rotatable bonds is 2. The maximum atomic E-state index is 10.9. The first-order chi connectivity index (χ1) is 8.68. The molecular weight excluding hydrogens is 234 g/mol. The van der Waals surface area contributed by atoms with E-state index in [2.05, 4.69) is 15.3 Å². The molecule has 1 aromatic heterocycles. The van der Waals surface area contributed by atoms with E-state index < -0.39 is 12.1 Å². The molecule has 0 saturated heterocycles. The summed E-state index contributed by atoms with van der Waals surface area (Å²) in [6.45, 7) is 0. The molecule has 1 atom stereocenters. The van der Waals surface area contributed by atoms with Crippen LogP contribution >= 0.6 is 0 Å². The summed E-state index contributed by atoms with van der Waals surface area (Å²) >= 11 is 0. The topological polar surface area (TPSA) is 106 Å². The fraction of sp³-hybridized carbons (Fsp3) is 0.0909. The minimum Gasteiger partial charge on any atom is -0.476 e. The summed E-state index contributed by atoms with van der Waals surface area (Å²) < 4.78 is 1.42. The molecule has 7 heteroatoms. The maximum absolute atomic E-state index is 10.9. The summed E-state index contributed by atoms with van der Waals surface area (Å²) in [5, 5.41) is 20.8. The van der Waals surface area contributed by atoms with Crippen LogP contribution in [0.5, 0.6) is 0 Å². The lowest BCUT2D eigenvalue weighted by Crippen LogP contribution is -2.08. The monoisotopic (exact) mass is 243 g/mol. The summed E-state index contributed by atoms with van der Waals surface area (Å²) in [5.41, 5.74) is 6.41. The van der Waals surface area contributed by atoms with Gasteiger partial charge in [-0.3, -0.25) is 0 Å². The summed E-state index contributed by atoms with van der Waals surface area (Å²) in [5.74, 6) is -0.877. The number of aromatic nitrogens is 2. The lowest BCUT2D eigenvalue weighted by Gasteiger charge is -2.07. The Balaban J connectivity index is 2.10. The average molecular weight is 243 g/mol. The number of nitrogens with two attached hydrogens (primary N) is 1. The van der Waals surface area contributed by atoms with Crippen LogP contribution in [0.25, 0.3) is 0 Å². The van der Waals surface area contributed by atoms with E-state index in [0.29, 0.717) is 5.82 Å². The lowest BCUT2D eigenvalue weighted by molar-refractivity contribution is 0.0690. The van der Waals surface area contributed by atoms with E-state index in [-0.39, 0.29) is 11.4 Å². The summed E-state index contributed by atoms with van der Waals surface area (Å²) in [4.78, 5) is 10.9. The number of carboxylic acid groups (broad SMARTS) is 1. The Morgan fingerprint density at radius 1 is 1.33 bits per heavy atom. The highest BCUT2D eigenvalue weighted by molar-refractivity contribution is 5.94. The molecule has 1 aliphatic heterocycles. The molecule has 1 aliphatic rings. The molecule has 18 heavy (non-hydrogen) atoms.